The smallest absolute Gasteiger partial charge is 0.152 e. The summed E-state index contributed by atoms with van der Waals surface area (Å²) in [5.74, 6) is 0.174. The monoisotopic (exact) mass is 226 g/mol. The van der Waals surface area contributed by atoms with Crippen molar-refractivity contribution in [2.24, 2.45) is 11.3 Å². The molecule has 1 unspecified atom stereocenters. The van der Waals surface area contributed by atoms with Crippen molar-refractivity contribution < 1.29 is 9.90 Å². The van der Waals surface area contributed by atoms with Crippen LogP contribution in [0.4, 0.5) is 0 Å². The number of ketones is 1. The summed E-state index contributed by atoms with van der Waals surface area (Å²) in [6.45, 7) is 13.5. The third-order valence-corrected chi connectivity index (χ3v) is 3.21. The average molecular weight is 226 g/mol. The molecule has 1 atom stereocenters. The standard InChI is InChI=1S/C14H26O2/c1-8-14(16,13(5,6)7)12(10(2)3)9-11(4)15/h9-10,16H,8H2,1-7H3/b12-9+. The van der Waals surface area contributed by atoms with Crippen molar-refractivity contribution in [1.29, 1.82) is 0 Å². The van der Waals surface area contributed by atoms with Gasteiger partial charge in [-0.25, -0.2) is 0 Å². The molecule has 2 nitrogen and oxygen atoms in total. The second-order valence-corrected chi connectivity index (χ2v) is 5.83. The summed E-state index contributed by atoms with van der Waals surface area (Å²) < 4.78 is 0. The van der Waals surface area contributed by atoms with Crippen molar-refractivity contribution >= 4 is 5.78 Å². The molecule has 1 N–H and O–H groups in total. The zero-order valence-electron chi connectivity index (χ0n) is 11.7. The van der Waals surface area contributed by atoms with Crippen LogP contribution in [0.1, 0.15) is 54.9 Å². The highest BCUT2D eigenvalue weighted by atomic mass is 16.3. The van der Waals surface area contributed by atoms with Gasteiger partial charge < -0.3 is 5.11 Å². The fourth-order valence-corrected chi connectivity index (χ4v) is 2.15. The Labute approximate surface area is 99.7 Å². The SMILES string of the molecule is CCC(O)(/C(=C/C(C)=O)C(C)C)C(C)(C)C. The van der Waals surface area contributed by atoms with Gasteiger partial charge in [0.05, 0.1) is 5.60 Å². The second kappa shape index (κ2) is 5.13. The lowest BCUT2D eigenvalue weighted by Crippen LogP contribution is -2.45. The number of carbonyl (C=O) groups excluding carboxylic acids is 1. The molecule has 0 radical (unpaired) electrons. The molecule has 2 heteroatoms. The maximum absolute atomic E-state index is 11.3. The molecule has 0 heterocycles. The van der Waals surface area contributed by atoms with E-state index in [0.29, 0.717) is 6.42 Å². The molecule has 0 bridgehead atoms. The molecule has 0 amide bonds. The summed E-state index contributed by atoms with van der Waals surface area (Å²) in [7, 11) is 0. The van der Waals surface area contributed by atoms with Crippen LogP contribution in [0.2, 0.25) is 0 Å². The summed E-state index contributed by atoms with van der Waals surface area (Å²) in [4.78, 5) is 11.3. The van der Waals surface area contributed by atoms with E-state index in [0.717, 1.165) is 5.57 Å². The van der Waals surface area contributed by atoms with E-state index >= 15 is 0 Å². The maximum Gasteiger partial charge on any atom is 0.152 e. The summed E-state index contributed by atoms with van der Waals surface area (Å²) in [6.07, 6.45) is 2.22. The van der Waals surface area contributed by atoms with Crippen LogP contribution in [0.3, 0.4) is 0 Å². The number of hydrogen-bond donors (Lipinski definition) is 1. The largest absolute Gasteiger partial charge is 0.385 e. The lowest BCUT2D eigenvalue weighted by Gasteiger charge is -2.43. The Bertz CT molecular complexity index is 282. The molecule has 0 aromatic carbocycles. The lowest BCUT2D eigenvalue weighted by molar-refractivity contribution is -0.113. The van der Waals surface area contributed by atoms with Crippen molar-refractivity contribution in [1.82, 2.24) is 0 Å². The Morgan fingerprint density at radius 3 is 1.94 bits per heavy atom. The van der Waals surface area contributed by atoms with Gasteiger partial charge in [-0.05, 0) is 36.3 Å². The van der Waals surface area contributed by atoms with Gasteiger partial charge in [0.2, 0.25) is 0 Å². The first kappa shape index (κ1) is 15.4. The predicted molar refractivity (Wildman–Crippen MR) is 68.3 cm³/mol. The van der Waals surface area contributed by atoms with Crippen LogP contribution in [0.5, 0.6) is 0 Å². The number of carbonyl (C=O) groups is 1. The minimum Gasteiger partial charge on any atom is -0.385 e. The van der Waals surface area contributed by atoms with E-state index in [1.165, 1.54) is 6.92 Å². The van der Waals surface area contributed by atoms with Gasteiger partial charge in [0, 0.05) is 0 Å². The van der Waals surface area contributed by atoms with Gasteiger partial charge >= 0.3 is 0 Å². The molecule has 0 spiro atoms. The summed E-state index contributed by atoms with van der Waals surface area (Å²) in [6, 6.07) is 0. The molecule has 0 aliphatic rings. The molecule has 16 heavy (non-hydrogen) atoms. The van der Waals surface area contributed by atoms with Crippen LogP contribution in [0, 0.1) is 11.3 Å². The molecular formula is C14H26O2. The normalized spacial score (nSPS) is 17.4. The zero-order valence-corrected chi connectivity index (χ0v) is 11.7. The van der Waals surface area contributed by atoms with E-state index in [4.69, 9.17) is 0 Å². The number of aliphatic hydroxyl groups is 1. The topological polar surface area (TPSA) is 37.3 Å². The van der Waals surface area contributed by atoms with Gasteiger partial charge in [-0.15, -0.1) is 0 Å². The Balaban J connectivity index is 5.58. The van der Waals surface area contributed by atoms with E-state index < -0.39 is 5.60 Å². The van der Waals surface area contributed by atoms with Gasteiger partial charge in [-0.3, -0.25) is 4.79 Å². The molecule has 94 valence electrons. The van der Waals surface area contributed by atoms with Gasteiger partial charge in [-0.2, -0.15) is 0 Å². The minimum atomic E-state index is -0.910. The molecule has 0 aliphatic heterocycles. The molecule has 0 fully saturated rings. The van der Waals surface area contributed by atoms with E-state index in [1.807, 2.05) is 41.5 Å². The van der Waals surface area contributed by atoms with Crippen LogP contribution in [0.25, 0.3) is 0 Å². The van der Waals surface area contributed by atoms with Crippen LogP contribution in [-0.4, -0.2) is 16.5 Å². The fraction of sp³-hybridized carbons (Fsp3) is 0.786. The zero-order chi connectivity index (χ0) is 13.1. The van der Waals surface area contributed by atoms with Crippen LogP contribution in [-0.2, 0) is 4.79 Å². The van der Waals surface area contributed by atoms with Crippen molar-refractivity contribution in [3.63, 3.8) is 0 Å². The molecule has 0 saturated carbocycles. The first-order valence-electron chi connectivity index (χ1n) is 6.01. The highest BCUT2D eigenvalue weighted by Gasteiger charge is 2.42. The number of rotatable bonds is 4. The van der Waals surface area contributed by atoms with Gasteiger partial charge in [-0.1, -0.05) is 41.5 Å². The van der Waals surface area contributed by atoms with Crippen molar-refractivity contribution in [2.45, 2.75) is 60.5 Å². The highest BCUT2D eigenvalue weighted by Crippen LogP contribution is 2.41. The Hall–Kier alpha value is -0.630. The molecule has 0 aromatic heterocycles. The van der Waals surface area contributed by atoms with Crippen molar-refractivity contribution in [3.8, 4) is 0 Å². The number of allylic oxidation sites excluding steroid dienone is 1. The van der Waals surface area contributed by atoms with Crippen molar-refractivity contribution in [2.75, 3.05) is 0 Å². The molecule has 0 rings (SSSR count). The van der Waals surface area contributed by atoms with Crippen LogP contribution >= 0.6 is 0 Å². The quantitative estimate of drug-likeness (QED) is 0.746. The second-order valence-electron chi connectivity index (χ2n) is 5.83. The van der Waals surface area contributed by atoms with Crippen LogP contribution in [0.15, 0.2) is 11.6 Å². The van der Waals surface area contributed by atoms with E-state index in [1.54, 1.807) is 6.08 Å². The summed E-state index contributed by atoms with van der Waals surface area (Å²) in [5, 5.41) is 10.8. The molecule has 0 saturated heterocycles. The first-order valence-corrected chi connectivity index (χ1v) is 6.01. The average Bonchev–Trinajstić information content (AvgIpc) is 2.10. The Morgan fingerprint density at radius 2 is 1.75 bits per heavy atom. The molecule has 0 aliphatic carbocycles. The van der Waals surface area contributed by atoms with E-state index in [9.17, 15) is 9.90 Å². The van der Waals surface area contributed by atoms with E-state index in [2.05, 4.69) is 0 Å². The summed E-state index contributed by atoms with van der Waals surface area (Å²) in [5.41, 5.74) is -0.338. The Morgan fingerprint density at radius 1 is 1.31 bits per heavy atom. The molecular weight excluding hydrogens is 200 g/mol. The van der Waals surface area contributed by atoms with Gasteiger partial charge in [0.1, 0.15) is 0 Å². The number of hydrogen-bond acceptors (Lipinski definition) is 2. The summed E-state index contributed by atoms with van der Waals surface area (Å²) >= 11 is 0. The van der Waals surface area contributed by atoms with Crippen molar-refractivity contribution in [3.05, 3.63) is 11.6 Å². The fourth-order valence-electron chi connectivity index (χ4n) is 2.15. The maximum atomic E-state index is 11.3. The first-order chi connectivity index (χ1) is 7.06. The predicted octanol–water partition coefficient (Wildman–Crippen LogP) is 3.35. The third-order valence-electron chi connectivity index (χ3n) is 3.21. The molecule has 0 aromatic rings. The Kier molecular flexibility index (Phi) is 4.93. The third kappa shape index (κ3) is 3.18. The lowest BCUT2D eigenvalue weighted by atomic mass is 9.67. The highest BCUT2D eigenvalue weighted by molar-refractivity contribution is 5.88. The van der Waals surface area contributed by atoms with Gasteiger partial charge in [0.15, 0.2) is 5.78 Å². The van der Waals surface area contributed by atoms with Gasteiger partial charge in [0.25, 0.3) is 0 Å². The van der Waals surface area contributed by atoms with E-state index in [-0.39, 0.29) is 17.1 Å². The minimum absolute atomic E-state index is 0.000162. The van der Waals surface area contributed by atoms with Crippen LogP contribution < -0.4 is 0 Å².